The lowest BCUT2D eigenvalue weighted by Gasteiger charge is -2.22. The summed E-state index contributed by atoms with van der Waals surface area (Å²) in [6, 6.07) is 22.5. The van der Waals surface area contributed by atoms with Crippen molar-refractivity contribution in [3.63, 3.8) is 0 Å². The minimum atomic E-state index is -4.11. The molecule has 178 valence electrons. The molecule has 0 radical (unpaired) electrons. The van der Waals surface area contributed by atoms with Crippen LogP contribution in [0.1, 0.15) is 44.2 Å². The highest BCUT2D eigenvalue weighted by Gasteiger charge is 2.29. The molecule has 0 unspecified atom stereocenters. The van der Waals surface area contributed by atoms with Crippen LogP contribution in [0.4, 0.5) is 5.69 Å². The highest BCUT2D eigenvalue weighted by atomic mass is 32.2. The zero-order chi connectivity index (χ0) is 24.4. The van der Waals surface area contributed by atoms with E-state index in [1.54, 1.807) is 36.4 Å². The van der Waals surface area contributed by atoms with E-state index < -0.39 is 15.9 Å². The van der Waals surface area contributed by atoms with Gasteiger partial charge < -0.3 is 4.74 Å². The van der Waals surface area contributed by atoms with Gasteiger partial charge in [0.15, 0.2) is 0 Å². The number of sulfonamides is 1. The number of benzene rings is 3. The Hall–Kier alpha value is -3.38. The maximum Gasteiger partial charge on any atom is 0.271 e. The molecule has 0 bridgehead atoms. The van der Waals surface area contributed by atoms with Gasteiger partial charge in [-0.2, -0.15) is 4.31 Å². The van der Waals surface area contributed by atoms with Crippen molar-refractivity contribution in [2.75, 3.05) is 10.9 Å². The van der Waals surface area contributed by atoms with E-state index in [1.807, 2.05) is 43.3 Å². The Morgan fingerprint density at radius 1 is 0.882 bits per heavy atom. The van der Waals surface area contributed by atoms with E-state index in [0.717, 1.165) is 35.6 Å². The largest absolute Gasteiger partial charge is 0.493 e. The Bertz CT molecular complexity index is 1200. The third kappa shape index (κ3) is 6.35. The third-order valence-corrected chi connectivity index (χ3v) is 7.00. The number of ether oxygens (including phenoxy) is 1. The highest BCUT2D eigenvalue weighted by molar-refractivity contribution is 7.93. The van der Waals surface area contributed by atoms with Crippen LogP contribution in [-0.4, -0.2) is 20.9 Å². The fourth-order valence-electron chi connectivity index (χ4n) is 3.45. The van der Waals surface area contributed by atoms with E-state index in [0.29, 0.717) is 23.6 Å². The van der Waals surface area contributed by atoms with Crippen LogP contribution < -0.4 is 9.04 Å². The molecule has 6 heteroatoms. The van der Waals surface area contributed by atoms with Crippen molar-refractivity contribution in [2.24, 2.45) is 0 Å². The number of hydrogen-bond acceptors (Lipinski definition) is 4. The molecule has 0 saturated heterocycles. The van der Waals surface area contributed by atoms with Gasteiger partial charge in [-0.15, -0.1) is 0 Å². The molecule has 0 aliphatic heterocycles. The lowest BCUT2D eigenvalue weighted by Crippen LogP contribution is -2.35. The van der Waals surface area contributed by atoms with E-state index in [9.17, 15) is 13.2 Å². The normalized spacial score (nSPS) is 11.5. The Balaban J connectivity index is 1.97. The van der Waals surface area contributed by atoms with Crippen LogP contribution >= 0.6 is 0 Å². The molecule has 0 N–H and O–H groups in total. The second-order valence-electron chi connectivity index (χ2n) is 7.91. The summed E-state index contributed by atoms with van der Waals surface area (Å²) in [6.45, 7) is 4.69. The summed E-state index contributed by atoms with van der Waals surface area (Å²) in [5, 5.41) is 0. The van der Waals surface area contributed by atoms with Crippen molar-refractivity contribution in [1.29, 1.82) is 0 Å². The fourth-order valence-corrected chi connectivity index (χ4v) is 4.86. The minimum absolute atomic E-state index is 0.0542. The van der Waals surface area contributed by atoms with Crippen molar-refractivity contribution in [3.05, 3.63) is 96.1 Å². The van der Waals surface area contributed by atoms with Crippen LogP contribution in [0.25, 0.3) is 6.08 Å². The monoisotopic (exact) mass is 477 g/mol. The van der Waals surface area contributed by atoms with Gasteiger partial charge in [0.25, 0.3) is 15.9 Å². The Morgan fingerprint density at radius 3 is 2.24 bits per heavy atom. The molecule has 3 aromatic carbocycles. The molecule has 1 amide bonds. The van der Waals surface area contributed by atoms with Gasteiger partial charge in [0, 0.05) is 11.6 Å². The first kappa shape index (κ1) is 25.2. The number of unbranched alkanes of at least 4 members (excludes halogenated alkanes) is 1. The van der Waals surface area contributed by atoms with Crippen LogP contribution in [0.3, 0.4) is 0 Å². The predicted octanol–water partition coefficient (Wildman–Crippen LogP) is 6.25. The van der Waals surface area contributed by atoms with Crippen molar-refractivity contribution in [3.8, 4) is 5.75 Å². The van der Waals surface area contributed by atoms with Crippen molar-refractivity contribution >= 4 is 27.7 Å². The van der Waals surface area contributed by atoms with Gasteiger partial charge in [-0.25, -0.2) is 8.42 Å². The van der Waals surface area contributed by atoms with Gasteiger partial charge in [0.1, 0.15) is 5.75 Å². The summed E-state index contributed by atoms with van der Waals surface area (Å²) in [4.78, 5) is 13.4. The Labute approximate surface area is 202 Å². The van der Waals surface area contributed by atoms with Gasteiger partial charge in [-0.05, 0) is 61.2 Å². The van der Waals surface area contributed by atoms with Crippen LogP contribution in [0.2, 0.25) is 0 Å². The second kappa shape index (κ2) is 12.2. The molecule has 3 aromatic rings. The van der Waals surface area contributed by atoms with Gasteiger partial charge in [-0.1, -0.05) is 68.8 Å². The summed E-state index contributed by atoms with van der Waals surface area (Å²) in [7, 11) is -4.11. The molecule has 0 spiro atoms. The lowest BCUT2D eigenvalue weighted by atomic mass is 10.1. The fraction of sp³-hybridized carbons (Fsp3) is 0.250. The number of rotatable bonds is 11. The number of hydrogen-bond donors (Lipinski definition) is 0. The molecular formula is C28H31NO4S. The second-order valence-corrected chi connectivity index (χ2v) is 9.70. The topological polar surface area (TPSA) is 63.7 Å². The maximum absolute atomic E-state index is 13.5. The highest BCUT2D eigenvalue weighted by Crippen LogP contribution is 2.26. The van der Waals surface area contributed by atoms with Crippen LogP contribution in [0.5, 0.6) is 5.75 Å². The molecule has 0 heterocycles. The lowest BCUT2D eigenvalue weighted by molar-refractivity contribution is -0.113. The molecule has 5 nitrogen and oxygen atoms in total. The van der Waals surface area contributed by atoms with Crippen LogP contribution in [-0.2, 0) is 21.2 Å². The van der Waals surface area contributed by atoms with Crippen LogP contribution in [0, 0.1) is 0 Å². The Morgan fingerprint density at radius 2 is 1.56 bits per heavy atom. The SMILES string of the molecule is CCCCc1ccc(N(C(=O)/C=C/c2ccccc2OCCC)S(=O)(=O)c2ccccc2)cc1. The van der Waals surface area contributed by atoms with Crippen molar-refractivity contribution < 1.29 is 17.9 Å². The van der Waals surface area contributed by atoms with Gasteiger partial charge >= 0.3 is 0 Å². The number of amides is 1. The van der Waals surface area contributed by atoms with E-state index in [1.165, 1.54) is 18.2 Å². The van der Waals surface area contributed by atoms with Crippen LogP contribution in [0.15, 0.2) is 89.8 Å². The molecule has 3 rings (SSSR count). The first-order valence-electron chi connectivity index (χ1n) is 11.6. The first-order chi connectivity index (χ1) is 16.5. The maximum atomic E-state index is 13.5. The number of carbonyl (C=O) groups excluding carboxylic acids is 1. The third-order valence-electron chi connectivity index (χ3n) is 5.26. The molecule has 34 heavy (non-hydrogen) atoms. The molecule has 0 saturated carbocycles. The molecule has 0 fully saturated rings. The smallest absolute Gasteiger partial charge is 0.271 e. The number of para-hydroxylation sites is 1. The predicted molar refractivity (Wildman–Crippen MR) is 137 cm³/mol. The van der Waals surface area contributed by atoms with Gasteiger partial charge in [-0.3, -0.25) is 4.79 Å². The summed E-state index contributed by atoms with van der Waals surface area (Å²) in [5.41, 5.74) is 2.11. The van der Waals surface area contributed by atoms with E-state index in [2.05, 4.69) is 6.92 Å². The summed E-state index contributed by atoms with van der Waals surface area (Å²) in [5.74, 6) is -0.0124. The molecule has 0 atom stereocenters. The number of anilines is 1. The van der Waals surface area contributed by atoms with E-state index in [4.69, 9.17) is 4.74 Å². The quantitative estimate of drug-likeness (QED) is 0.306. The number of aryl methyl sites for hydroxylation is 1. The average molecular weight is 478 g/mol. The van der Waals surface area contributed by atoms with E-state index >= 15 is 0 Å². The summed E-state index contributed by atoms with van der Waals surface area (Å²) < 4.78 is 33.6. The number of nitrogens with zero attached hydrogens (tertiary/aromatic N) is 1. The zero-order valence-corrected chi connectivity index (χ0v) is 20.5. The molecule has 0 aliphatic carbocycles. The van der Waals surface area contributed by atoms with Gasteiger partial charge in [0.05, 0.1) is 17.2 Å². The zero-order valence-electron chi connectivity index (χ0n) is 19.7. The molecular weight excluding hydrogens is 446 g/mol. The minimum Gasteiger partial charge on any atom is -0.493 e. The van der Waals surface area contributed by atoms with Crippen molar-refractivity contribution in [1.82, 2.24) is 0 Å². The van der Waals surface area contributed by atoms with E-state index in [-0.39, 0.29) is 4.90 Å². The summed E-state index contributed by atoms with van der Waals surface area (Å²) >= 11 is 0. The standard InChI is InChI=1S/C28H31NO4S/c1-3-5-11-23-16-19-25(20-17-23)29(34(31,32)26-13-7-6-8-14-26)28(30)21-18-24-12-9-10-15-27(24)33-22-4-2/h6-10,12-21H,3-5,11,22H2,1-2H3/b21-18+. The molecule has 0 aliphatic rings. The number of carbonyl (C=O) groups is 1. The van der Waals surface area contributed by atoms with Crippen molar-refractivity contribution in [2.45, 2.75) is 44.4 Å². The Kier molecular flexibility index (Phi) is 9.05. The first-order valence-corrected chi connectivity index (χ1v) is 13.0. The average Bonchev–Trinajstić information content (AvgIpc) is 2.86. The summed E-state index contributed by atoms with van der Waals surface area (Å²) in [6.07, 6.45) is 6.75. The van der Waals surface area contributed by atoms with Gasteiger partial charge in [0.2, 0.25) is 0 Å². The molecule has 0 aromatic heterocycles.